The summed E-state index contributed by atoms with van der Waals surface area (Å²) < 4.78 is 0. The van der Waals surface area contributed by atoms with Crippen LogP contribution in [-0.4, -0.2) is 11.0 Å². The molecule has 13 heavy (non-hydrogen) atoms. The van der Waals surface area contributed by atoms with E-state index in [0.29, 0.717) is 5.82 Å². The summed E-state index contributed by atoms with van der Waals surface area (Å²) >= 11 is 0. The van der Waals surface area contributed by atoms with Gasteiger partial charge in [-0.3, -0.25) is 0 Å². The zero-order valence-electron chi connectivity index (χ0n) is 7.88. The lowest BCUT2D eigenvalue weighted by atomic mass is 10.2. The van der Waals surface area contributed by atoms with Crippen LogP contribution in [-0.2, 0) is 6.54 Å². The first-order chi connectivity index (χ1) is 6.25. The molecule has 3 N–H and O–H groups in total. The van der Waals surface area contributed by atoms with Gasteiger partial charge in [0.25, 0.3) is 0 Å². The predicted octanol–water partition coefficient (Wildman–Crippen LogP) is 1.22. The van der Waals surface area contributed by atoms with Crippen molar-refractivity contribution in [3.8, 4) is 0 Å². The average Bonchev–Trinajstić information content (AvgIpc) is 2.86. The van der Waals surface area contributed by atoms with Gasteiger partial charge in [0.1, 0.15) is 5.82 Å². The van der Waals surface area contributed by atoms with Gasteiger partial charge in [0, 0.05) is 18.3 Å². The van der Waals surface area contributed by atoms with Gasteiger partial charge in [-0.25, -0.2) is 4.98 Å². The molecule has 1 heterocycles. The van der Waals surface area contributed by atoms with Crippen LogP contribution in [0.15, 0.2) is 12.1 Å². The lowest BCUT2D eigenvalue weighted by molar-refractivity contribution is 0.682. The van der Waals surface area contributed by atoms with Crippen LogP contribution in [0.4, 0.5) is 5.82 Å². The van der Waals surface area contributed by atoms with Crippen molar-refractivity contribution in [3.05, 3.63) is 23.4 Å². The lowest BCUT2D eigenvalue weighted by Gasteiger charge is -2.06. The highest BCUT2D eigenvalue weighted by Gasteiger charge is 2.20. The number of aryl methyl sites for hydroxylation is 1. The Hall–Kier alpha value is -1.09. The Morgan fingerprint density at radius 3 is 2.92 bits per heavy atom. The third-order valence-electron chi connectivity index (χ3n) is 2.38. The van der Waals surface area contributed by atoms with Crippen molar-refractivity contribution in [2.24, 2.45) is 0 Å². The molecule has 3 heteroatoms. The molecule has 0 bridgehead atoms. The van der Waals surface area contributed by atoms with E-state index in [4.69, 9.17) is 5.73 Å². The Kier molecular flexibility index (Phi) is 2.19. The van der Waals surface area contributed by atoms with Gasteiger partial charge in [-0.05, 0) is 31.4 Å². The van der Waals surface area contributed by atoms with E-state index in [1.165, 1.54) is 18.4 Å². The van der Waals surface area contributed by atoms with Gasteiger partial charge >= 0.3 is 0 Å². The van der Waals surface area contributed by atoms with Gasteiger partial charge in [-0.1, -0.05) is 6.07 Å². The van der Waals surface area contributed by atoms with Crippen LogP contribution in [0.2, 0.25) is 0 Å². The molecular weight excluding hydrogens is 162 g/mol. The van der Waals surface area contributed by atoms with E-state index in [-0.39, 0.29) is 0 Å². The Morgan fingerprint density at radius 1 is 1.54 bits per heavy atom. The van der Waals surface area contributed by atoms with E-state index in [0.717, 1.165) is 18.3 Å². The Balaban J connectivity index is 2.01. The van der Waals surface area contributed by atoms with Crippen molar-refractivity contribution in [2.45, 2.75) is 32.4 Å². The monoisotopic (exact) mass is 177 g/mol. The minimum atomic E-state index is 0.604. The zero-order chi connectivity index (χ0) is 9.26. The van der Waals surface area contributed by atoms with Crippen LogP contribution in [0, 0.1) is 6.92 Å². The largest absolute Gasteiger partial charge is 0.384 e. The molecule has 0 unspecified atom stereocenters. The third-order valence-corrected chi connectivity index (χ3v) is 2.38. The number of nitrogens with one attached hydrogen (secondary N) is 1. The Morgan fingerprint density at radius 2 is 2.31 bits per heavy atom. The van der Waals surface area contributed by atoms with Crippen LogP contribution >= 0.6 is 0 Å². The second-order valence-corrected chi connectivity index (χ2v) is 3.64. The predicted molar refractivity (Wildman–Crippen MR) is 53.2 cm³/mol. The topological polar surface area (TPSA) is 50.9 Å². The molecule has 3 nitrogen and oxygen atoms in total. The van der Waals surface area contributed by atoms with E-state index in [1.54, 1.807) is 0 Å². The summed E-state index contributed by atoms with van der Waals surface area (Å²) in [5, 5.41) is 3.45. The molecule has 0 atom stereocenters. The molecule has 1 fully saturated rings. The maximum atomic E-state index is 5.56. The van der Waals surface area contributed by atoms with Gasteiger partial charge in [-0.2, -0.15) is 0 Å². The fourth-order valence-corrected chi connectivity index (χ4v) is 1.34. The number of nitrogen functional groups attached to an aromatic ring is 1. The summed E-state index contributed by atoms with van der Waals surface area (Å²) in [5.74, 6) is 0.604. The molecule has 0 amide bonds. The number of nitrogens with two attached hydrogens (primary N) is 1. The second-order valence-electron chi connectivity index (χ2n) is 3.64. The molecule has 2 rings (SSSR count). The summed E-state index contributed by atoms with van der Waals surface area (Å²) in [6.07, 6.45) is 2.64. The number of hydrogen-bond donors (Lipinski definition) is 2. The summed E-state index contributed by atoms with van der Waals surface area (Å²) in [7, 11) is 0. The lowest BCUT2D eigenvalue weighted by Crippen LogP contribution is -2.16. The first kappa shape index (κ1) is 8.51. The van der Waals surface area contributed by atoms with Crippen LogP contribution in [0.3, 0.4) is 0 Å². The molecule has 70 valence electrons. The standard InChI is InChI=1S/C10H15N3/c1-7-8(2-5-10(11)13-7)6-12-9-3-4-9/h2,5,9,12H,3-4,6H2,1H3,(H2,11,13). The number of hydrogen-bond acceptors (Lipinski definition) is 3. The minimum Gasteiger partial charge on any atom is -0.384 e. The maximum Gasteiger partial charge on any atom is 0.123 e. The quantitative estimate of drug-likeness (QED) is 0.730. The van der Waals surface area contributed by atoms with Crippen LogP contribution in [0.5, 0.6) is 0 Å². The van der Waals surface area contributed by atoms with E-state index >= 15 is 0 Å². The second kappa shape index (κ2) is 3.34. The van der Waals surface area contributed by atoms with Gasteiger partial charge in [0.05, 0.1) is 0 Å². The van der Waals surface area contributed by atoms with Crippen LogP contribution < -0.4 is 11.1 Å². The Labute approximate surface area is 78.4 Å². The minimum absolute atomic E-state index is 0.604. The molecule has 1 aromatic rings. The molecular formula is C10H15N3. The van der Waals surface area contributed by atoms with E-state index < -0.39 is 0 Å². The van der Waals surface area contributed by atoms with Crippen molar-refractivity contribution >= 4 is 5.82 Å². The average molecular weight is 177 g/mol. The molecule has 0 spiro atoms. The molecule has 0 aromatic carbocycles. The first-order valence-corrected chi connectivity index (χ1v) is 4.71. The van der Waals surface area contributed by atoms with Crippen LogP contribution in [0.1, 0.15) is 24.1 Å². The summed E-state index contributed by atoms with van der Waals surface area (Å²) in [5.41, 5.74) is 7.85. The smallest absolute Gasteiger partial charge is 0.123 e. The fourth-order valence-electron chi connectivity index (χ4n) is 1.34. The van der Waals surface area contributed by atoms with Crippen molar-refractivity contribution in [1.82, 2.24) is 10.3 Å². The summed E-state index contributed by atoms with van der Waals surface area (Å²) in [6, 6.07) is 4.65. The fraction of sp³-hybridized carbons (Fsp3) is 0.500. The maximum absolute atomic E-state index is 5.56. The number of pyridine rings is 1. The number of rotatable bonds is 3. The number of anilines is 1. The highest BCUT2D eigenvalue weighted by Crippen LogP contribution is 2.19. The van der Waals surface area contributed by atoms with Crippen molar-refractivity contribution in [2.75, 3.05) is 5.73 Å². The van der Waals surface area contributed by atoms with E-state index in [2.05, 4.69) is 10.3 Å². The highest BCUT2D eigenvalue weighted by atomic mass is 14.9. The SMILES string of the molecule is Cc1nc(N)ccc1CNC1CC1. The van der Waals surface area contributed by atoms with E-state index in [1.807, 2.05) is 19.1 Å². The Bertz CT molecular complexity index is 305. The first-order valence-electron chi connectivity index (χ1n) is 4.71. The molecule has 1 aromatic heterocycles. The summed E-state index contributed by atoms with van der Waals surface area (Å²) in [4.78, 5) is 4.21. The van der Waals surface area contributed by atoms with Crippen LogP contribution in [0.25, 0.3) is 0 Å². The van der Waals surface area contributed by atoms with Crippen molar-refractivity contribution in [1.29, 1.82) is 0 Å². The molecule has 1 aliphatic rings. The number of nitrogens with zero attached hydrogens (tertiary/aromatic N) is 1. The molecule has 1 aliphatic carbocycles. The van der Waals surface area contributed by atoms with Gasteiger partial charge in [0.15, 0.2) is 0 Å². The third kappa shape index (κ3) is 2.18. The molecule has 0 radical (unpaired) electrons. The highest BCUT2D eigenvalue weighted by molar-refractivity contribution is 5.33. The van der Waals surface area contributed by atoms with Gasteiger partial charge in [-0.15, -0.1) is 0 Å². The van der Waals surface area contributed by atoms with Gasteiger partial charge < -0.3 is 11.1 Å². The van der Waals surface area contributed by atoms with Gasteiger partial charge in [0.2, 0.25) is 0 Å². The number of aromatic nitrogens is 1. The zero-order valence-corrected chi connectivity index (χ0v) is 7.88. The molecule has 0 saturated heterocycles. The normalized spacial score (nSPS) is 16.1. The molecule has 1 saturated carbocycles. The summed E-state index contributed by atoms with van der Waals surface area (Å²) in [6.45, 7) is 2.92. The van der Waals surface area contributed by atoms with Crippen molar-refractivity contribution < 1.29 is 0 Å². The van der Waals surface area contributed by atoms with Crippen molar-refractivity contribution in [3.63, 3.8) is 0 Å². The molecule has 0 aliphatic heterocycles. The van der Waals surface area contributed by atoms with E-state index in [9.17, 15) is 0 Å².